The van der Waals surface area contributed by atoms with Crippen molar-refractivity contribution in [2.24, 2.45) is 0 Å². The Morgan fingerprint density at radius 3 is 2.38 bits per heavy atom. The van der Waals surface area contributed by atoms with E-state index in [1.54, 1.807) is 0 Å². The molecule has 0 saturated heterocycles. The normalized spacial score (nSPS) is 19.1. The van der Waals surface area contributed by atoms with Gasteiger partial charge in [0, 0.05) is 21.2 Å². The fraction of sp³-hybridized carbons (Fsp3) is 0.125. The number of halogens is 4. The summed E-state index contributed by atoms with van der Waals surface area (Å²) in [4.78, 5) is 24.8. The van der Waals surface area contributed by atoms with Gasteiger partial charge >= 0.3 is 0 Å². The van der Waals surface area contributed by atoms with E-state index < -0.39 is 23.7 Å². The summed E-state index contributed by atoms with van der Waals surface area (Å²) in [6.07, 6.45) is -0.534. The molecule has 0 fully saturated rings. The van der Waals surface area contributed by atoms with E-state index in [2.05, 4.69) is 5.32 Å². The summed E-state index contributed by atoms with van der Waals surface area (Å²) in [6, 6.07) is 7.29. The van der Waals surface area contributed by atoms with E-state index in [1.807, 2.05) is 0 Å². The molecule has 1 heterocycles. The number of amides is 1. The number of anilines is 1. The van der Waals surface area contributed by atoms with Gasteiger partial charge in [0.2, 0.25) is 0 Å². The van der Waals surface area contributed by atoms with Crippen LogP contribution in [0.25, 0.3) is 0 Å². The molecule has 24 heavy (non-hydrogen) atoms. The van der Waals surface area contributed by atoms with Crippen molar-refractivity contribution < 1.29 is 14.7 Å². The maximum atomic E-state index is 12.5. The summed E-state index contributed by atoms with van der Waals surface area (Å²) in [5, 5.41) is 14.2. The van der Waals surface area contributed by atoms with Crippen LogP contribution in [0.4, 0.5) is 5.69 Å². The van der Waals surface area contributed by atoms with E-state index in [4.69, 9.17) is 46.4 Å². The zero-order valence-corrected chi connectivity index (χ0v) is 14.9. The van der Waals surface area contributed by atoms with Gasteiger partial charge in [-0.1, -0.05) is 46.4 Å². The minimum atomic E-state index is -2.13. The van der Waals surface area contributed by atoms with Gasteiger partial charge in [0.05, 0.1) is 22.2 Å². The van der Waals surface area contributed by atoms with E-state index in [-0.39, 0.29) is 31.9 Å². The number of ketones is 1. The van der Waals surface area contributed by atoms with E-state index in [9.17, 15) is 14.7 Å². The van der Waals surface area contributed by atoms with Gasteiger partial charge in [-0.3, -0.25) is 9.59 Å². The van der Waals surface area contributed by atoms with Gasteiger partial charge in [-0.05, 0) is 30.3 Å². The van der Waals surface area contributed by atoms with Crippen LogP contribution in [0, 0.1) is 0 Å². The van der Waals surface area contributed by atoms with Gasteiger partial charge in [-0.15, -0.1) is 0 Å². The third-order valence-corrected chi connectivity index (χ3v) is 4.96. The van der Waals surface area contributed by atoms with E-state index in [0.717, 1.165) is 0 Å². The largest absolute Gasteiger partial charge is 0.375 e. The van der Waals surface area contributed by atoms with Gasteiger partial charge in [-0.25, -0.2) is 0 Å². The van der Waals surface area contributed by atoms with Crippen molar-refractivity contribution in [3.05, 3.63) is 61.5 Å². The molecule has 2 aromatic rings. The number of benzene rings is 2. The number of fused-ring (bicyclic) bond motifs is 1. The monoisotopic (exact) mass is 403 g/mol. The Morgan fingerprint density at radius 1 is 1.04 bits per heavy atom. The molecule has 1 aliphatic heterocycles. The first-order valence-corrected chi connectivity index (χ1v) is 8.26. The number of carbonyl (C=O) groups excluding carboxylic acids is 2. The summed E-state index contributed by atoms with van der Waals surface area (Å²) in [7, 11) is 0. The number of carbonyl (C=O) groups is 2. The molecule has 3 rings (SSSR count). The summed E-state index contributed by atoms with van der Waals surface area (Å²) in [5.74, 6) is -1.30. The zero-order chi connectivity index (χ0) is 17.6. The summed E-state index contributed by atoms with van der Waals surface area (Å²) >= 11 is 24.0. The number of hydrogen-bond acceptors (Lipinski definition) is 3. The van der Waals surface area contributed by atoms with Crippen LogP contribution in [0.5, 0.6) is 0 Å². The molecule has 1 atom stereocenters. The van der Waals surface area contributed by atoms with Crippen molar-refractivity contribution in [1.82, 2.24) is 0 Å². The molecular formula is C16H9Cl4NO3. The van der Waals surface area contributed by atoms with Gasteiger partial charge in [0.1, 0.15) is 0 Å². The molecule has 2 aromatic carbocycles. The van der Waals surface area contributed by atoms with Gasteiger partial charge in [0.15, 0.2) is 11.4 Å². The second-order valence-electron chi connectivity index (χ2n) is 5.32. The lowest BCUT2D eigenvalue weighted by molar-refractivity contribution is -0.133. The van der Waals surface area contributed by atoms with Crippen molar-refractivity contribution in [2.45, 2.75) is 12.0 Å². The molecule has 124 valence electrons. The highest BCUT2D eigenvalue weighted by molar-refractivity contribution is 6.38. The Balaban J connectivity index is 2.03. The Bertz CT molecular complexity index is 884. The fourth-order valence-corrected chi connectivity index (χ4v) is 3.65. The van der Waals surface area contributed by atoms with Crippen molar-refractivity contribution in [2.75, 3.05) is 5.32 Å². The van der Waals surface area contributed by atoms with Crippen LogP contribution in [0.2, 0.25) is 20.1 Å². The second-order valence-corrected chi connectivity index (χ2v) is 6.98. The van der Waals surface area contributed by atoms with Crippen molar-refractivity contribution in [1.29, 1.82) is 0 Å². The minimum absolute atomic E-state index is 0.0834. The first-order chi connectivity index (χ1) is 11.2. The molecule has 2 N–H and O–H groups in total. The smallest absolute Gasteiger partial charge is 0.261 e. The molecule has 4 nitrogen and oxygen atoms in total. The first-order valence-electron chi connectivity index (χ1n) is 6.74. The lowest BCUT2D eigenvalue weighted by Crippen LogP contribution is -2.36. The van der Waals surface area contributed by atoms with E-state index in [0.29, 0.717) is 5.02 Å². The molecule has 0 aromatic heterocycles. The van der Waals surface area contributed by atoms with Crippen molar-refractivity contribution in [3.63, 3.8) is 0 Å². The number of nitrogens with one attached hydrogen (secondary N) is 1. The van der Waals surface area contributed by atoms with Gasteiger partial charge < -0.3 is 10.4 Å². The fourth-order valence-electron chi connectivity index (χ4n) is 2.62. The molecular weight excluding hydrogens is 396 g/mol. The van der Waals surface area contributed by atoms with E-state index in [1.165, 1.54) is 30.3 Å². The van der Waals surface area contributed by atoms with Crippen molar-refractivity contribution in [3.8, 4) is 0 Å². The maximum Gasteiger partial charge on any atom is 0.261 e. The molecule has 1 aliphatic rings. The average Bonchev–Trinajstić information content (AvgIpc) is 2.76. The molecule has 0 radical (unpaired) electrons. The second kappa shape index (κ2) is 6.21. The number of aliphatic hydroxyl groups is 1. The summed E-state index contributed by atoms with van der Waals surface area (Å²) in [5.41, 5.74) is -1.70. The van der Waals surface area contributed by atoms with Crippen LogP contribution in [-0.2, 0) is 10.4 Å². The van der Waals surface area contributed by atoms with Crippen LogP contribution in [0.1, 0.15) is 22.3 Å². The number of Topliss-reactive ketones (excluding diaryl/α,β-unsaturated/α-hetero) is 1. The molecule has 0 bridgehead atoms. The van der Waals surface area contributed by atoms with Crippen molar-refractivity contribution >= 4 is 63.8 Å². The lowest BCUT2D eigenvalue weighted by atomic mass is 9.88. The third kappa shape index (κ3) is 2.79. The molecule has 8 heteroatoms. The third-order valence-electron chi connectivity index (χ3n) is 3.78. The van der Waals surface area contributed by atoms with Crippen LogP contribution in [-0.4, -0.2) is 16.8 Å². The van der Waals surface area contributed by atoms with Gasteiger partial charge in [0.25, 0.3) is 5.91 Å². The molecule has 0 saturated carbocycles. The Kier molecular flexibility index (Phi) is 4.53. The topological polar surface area (TPSA) is 66.4 Å². The average molecular weight is 405 g/mol. The van der Waals surface area contributed by atoms with Crippen LogP contribution in [0.3, 0.4) is 0 Å². The Hall–Kier alpha value is -1.30. The molecule has 1 unspecified atom stereocenters. The van der Waals surface area contributed by atoms with E-state index >= 15 is 0 Å². The predicted molar refractivity (Wildman–Crippen MR) is 94.4 cm³/mol. The number of rotatable bonds is 3. The lowest BCUT2D eigenvalue weighted by Gasteiger charge is -2.21. The Morgan fingerprint density at radius 2 is 1.71 bits per heavy atom. The zero-order valence-electron chi connectivity index (χ0n) is 11.9. The highest BCUT2D eigenvalue weighted by Crippen LogP contribution is 2.46. The molecule has 0 aliphatic carbocycles. The Labute approximate surface area is 157 Å². The van der Waals surface area contributed by atoms with Crippen LogP contribution < -0.4 is 5.32 Å². The first kappa shape index (κ1) is 17.5. The summed E-state index contributed by atoms with van der Waals surface area (Å²) < 4.78 is 0. The maximum absolute atomic E-state index is 12.5. The standard InChI is InChI=1S/C16H9Cl4NO3/c17-7-1-2-8(11(20)5-7)12(22)6-16(24)13-9(18)3-4-10(19)14(13)21-15(16)23/h1-5,24H,6H2,(H,21,23). The number of hydrogen-bond donors (Lipinski definition) is 2. The van der Waals surface area contributed by atoms with Crippen LogP contribution in [0.15, 0.2) is 30.3 Å². The highest BCUT2D eigenvalue weighted by atomic mass is 35.5. The van der Waals surface area contributed by atoms with Gasteiger partial charge in [-0.2, -0.15) is 0 Å². The summed E-state index contributed by atoms with van der Waals surface area (Å²) in [6.45, 7) is 0. The molecule has 1 amide bonds. The predicted octanol–water partition coefficient (Wildman–Crippen LogP) is 4.71. The molecule has 0 spiro atoms. The minimum Gasteiger partial charge on any atom is -0.375 e. The quantitative estimate of drug-likeness (QED) is 0.727. The van der Waals surface area contributed by atoms with Crippen LogP contribution >= 0.6 is 46.4 Å². The highest BCUT2D eigenvalue weighted by Gasteiger charge is 2.49. The SMILES string of the molecule is O=C(CC1(O)C(=O)Nc2c(Cl)ccc(Cl)c21)c1ccc(Cl)cc1Cl.